The number of hydrogen-bond acceptors (Lipinski definition) is 16. The molecule has 0 aliphatic carbocycles. The Kier molecular flexibility index (Phi) is 23.3. The monoisotopic (exact) mass is 1390 g/mol. The summed E-state index contributed by atoms with van der Waals surface area (Å²) in [5.41, 5.74) is 1.79. The highest BCUT2D eigenvalue weighted by Gasteiger charge is 2.17. The van der Waals surface area contributed by atoms with E-state index in [-0.39, 0.29) is 50.0 Å². The summed E-state index contributed by atoms with van der Waals surface area (Å²) in [6, 6.07) is 70.5. The molecule has 484 valence electrons. The molecule has 0 radical (unpaired) electrons. The van der Waals surface area contributed by atoms with Crippen LogP contribution in [0, 0.1) is 0 Å². The molecule has 0 bridgehead atoms. The minimum atomic E-state index is -3.80. The molecule has 0 fully saturated rings. The first-order valence-corrected chi connectivity index (χ1v) is 34.4. The van der Waals surface area contributed by atoms with Crippen LogP contribution in [0.5, 0.6) is 23.0 Å². The summed E-state index contributed by atoms with van der Waals surface area (Å²) in [5.74, 6) is 0.101. The van der Waals surface area contributed by atoms with Gasteiger partial charge in [-0.1, -0.05) is 188 Å². The minimum absolute atomic E-state index is 0. The summed E-state index contributed by atoms with van der Waals surface area (Å²) in [6.07, 6.45) is 5.17. The molecule has 0 aromatic heterocycles. The van der Waals surface area contributed by atoms with Gasteiger partial charge in [0, 0.05) is 32.3 Å². The Morgan fingerprint density at radius 2 is 0.463 bits per heavy atom. The van der Waals surface area contributed by atoms with Crippen LogP contribution in [0.25, 0.3) is 43.1 Å². The van der Waals surface area contributed by atoms with Crippen molar-refractivity contribution in [2.24, 2.45) is 20.4 Å². The van der Waals surface area contributed by atoms with E-state index < -0.39 is 40.1 Å². The number of phenolic OH excluding ortho intramolecular Hbond substituents is 4. The summed E-state index contributed by atoms with van der Waals surface area (Å²) in [7, 11) is -15.1. The van der Waals surface area contributed by atoms with Gasteiger partial charge in [0.2, 0.25) is 0 Å². The van der Waals surface area contributed by atoms with Crippen LogP contribution >= 0.6 is 23.2 Å². The van der Waals surface area contributed by atoms with E-state index in [1.165, 1.54) is 110 Å². The highest BCUT2D eigenvalue weighted by Crippen LogP contribution is 2.29. The Labute approximate surface area is 558 Å². The van der Waals surface area contributed by atoms with E-state index in [4.69, 9.17) is 23.2 Å². The van der Waals surface area contributed by atoms with E-state index in [0.717, 1.165) is 43.1 Å². The summed E-state index contributed by atoms with van der Waals surface area (Å²) in [4.78, 5) is 8.88. The largest absolute Gasteiger partial charge is 0.507 e. The van der Waals surface area contributed by atoms with Gasteiger partial charge >= 0.3 is 0 Å². The molecule has 95 heavy (non-hydrogen) atoms. The van der Waals surface area contributed by atoms with Crippen molar-refractivity contribution >= 4 is 131 Å². The van der Waals surface area contributed by atoms with Crippen LogP contribution in [0.15, 0.2) is 295 Å². The lowest BCUT2D eigenvalue weighted by atomic mass is 10.0. The number of rotatable bonds is 16. The number of sulfonamides is 4. The van der Waals surface area contributed by atoms with Crippen molar-refractivity contribution in [1.29, 1.82) is 0 Å². The molecule has 0 atom stereocenters. The number of fused-ring (bicyclic) bond motifs is 4. The molecule has 0 aliphatic rings. The number of hydrogen-bond donors (Lipinski definition) is 8. The first kappa shape index (κ1) is 70.0. The van der Waals surface area contributed by atoms with Gasteiger partial charge in [-0.3, -0.25) is 0 Å². The van der Waals surface area contributed by atoms with Crippen LogP contribution < -0.4 is 19.3 Å². The Hall–Kier alpha value is -10.9. The molecule has 0 aliphatic heterocycles. The topological polar surface area (TPSA) is 315 Å². The van der Waals surface area contributed by atoms with Crippen LogP contribution in [-0.2, 0) is 40.1 Å². The predicted molar refractivity (Wildman–Crippen MR) is 377 cm³/mol. The highest BCUT2D eigenvalue weighted by atomic mass is 35.5. The highest BCUT2D eigenvalue weighted by molar-refractivity contribution is 7.90. The van der Waals surface area contributed by atoms with Crippen LogP contribution in [0.1, 0.15) is 29.7 Å². The molecule has 12 aromatic carbocycles. The van der Waals surface area contributed by atoms with Crippen molar-refractivity contribution in [3.05, 3.63) is 287 Å². The number of halogens is 2. The molecule has 20 nitrogen and oxygen atoms in total. The zero-order valence-corrected chi connectivity index (χ0v) is 53.6. The first-order valence-electron chi connectivity index (χ1n) is 27.7. The third-order valence-electron chi connectivity index (χ3n) is 13.6. The lowest BCUT2D eigenvalue weighted by Gasteiger charge is -2.06. The van der Waals surface area contributed by atoms with Gasteiger partial charge in [0.1, 0.15) is 23.0 Å². The summed E-state index contributed by atoms with van der Waals surface area (Å²) in [5, 5.41) is 62.8. The Morgan fingerprint density at radius 1 is 0.263 bits per heavy atom. The number of hydrazone groups is 4. The van der Waals surface area contributed by atoms with Crippen molar-refractivity contribution in [3.8, 4) is 23.0 Å². The first-order chi connectivity index (χ1) is 45.1. The number of nitrogens with one attached hydrogen (secondary N) is 4. The zero-order chi connectivity index (χ0) is 66.9. The second-order valence-corrected chi connectivity index (χ2v) is 27.3. The smallest absolute Gasteiger partial charge is 0.276 e. The SMILES string of the molecule is C.O=S(=O)(N/N=C/c1c(O)ccc2ccccc12)c1ccc(Cl)cc1.O=S(=O)(N/N=C/c1c(O)ccc2ccccc12)c1ccc(Cl)cc1.O=S(=O)(N/N=C/c1c(O)ccc2ccccc12)c1ccccc1.O=S(=O)(N/N=C/c1c(O)ccc2ccccc12)c1ccccc1. The fourth-order valence-electron chi connectivity index (χ4n) is 8.96. The number of benzene rings is 12. The van der Waals surface area contributed by atoms with E-state index >= 15 is 0 Å². The van der Waals surface area contributed by atoms with E-state index in [2.05, 4.69) is 39.7 Å². The third-order valence-corrected chi connectivity index (χ3v) is 19.1. The van der Waals surface area contributed by atoms with Crippen molar-refractivity contribution in [2.75, 3.05) is 0 Å². The van der Waals surface area contributed by atoms with Crippen LogP contribution in [-0.4, -0.2) is 79.0 Å². The van der Waals surface area contributed by atoms with Gasteiger partial charge < -0.3 is 20.4 Å². The third kappa shape index (κ3) is 18.3. The molecular formula is C69H58Cl2N8O12S4. The van der Waals surface area contributed by atoms with E-state index in [1.807, 2.05) is 97.1 Å². The van der Waals surface area contributed by atoms with Gasteiger partial charge in [-0.15, -0.1) is 0 Å². The maximum atomic E-state index is 12.2. The van der Waals surface area contributed by atoms with Gasteiger partial charge in [0.25, 0.3) is 40.1 Å². The number of phenols is 4. The van der Waals surface area contributed by atoms with Gasteiger partial charge in [-0.2, -0.15) is 54.1 Å². The second-order valence-electron chi connectivity index (χ2n) is 19.8. The summed E-state index contributed by atoms with van der Waals surface area (Å²) in [6.45, 7) is 0. The van der Waals surface area contributed by atoms with Gasteiger partial charge in [-0.25, -0.2) is 19.3 Å². The quantitative estimate of drug-likeness (QED) is 0.0331. The van der Waals surface area contributed by atoms with Gasteiger partial charge in [-0.05, 0) is 140 Å². The summed E-state index contributed by atoms with van der Waals surface area (Å²) < 4.78 is 96.9. The lowest BCUT2D eigenvalue weighted by molar-refractivity contribution is 0.475. The van der Waals surface area contributed by atoms with Crippen LogP contribution in [0.2, 0.25) is 10.0 Å². The number of aromatic hydroxyl groups is 4. The fourth-order valence-corrected chi connectivity index (χ4v) is 12.4. The van der Waals surface area contributed by atoms with E-state index in [0.29, 0.717) is 32.3 Å². The molecular weight excluding hydrogens is 1330 g/mol. The predicted octanol–water partition coefficient (Wildman–Crippen LogP) is 13.4. The lowest BCUT2D eigenvalue weighted by Crippen LogP contribution is -2.18. The van der Waals surface area contributed by atoms with Crippen molar-refractivity contribution in [3.63, 3.8) is 0 Å². The molecule has 8 N–H and O–H groups in total. The Morgan fingerprint density at radius 3 is 0.695 bits per heavy atom. The molecule has 0 heterocycles. The maximum absolute atomic E-state index is 12.2. The number of nitrogens with zero attached hydrogens (tertiary/aromatic N) is 4. The van der Waals surface area contributed by atoms with Gasteiger partial charge in [0.05, 0.1) is 44.4 Å². The second kappa shape index (κ2) is 31.6. The Balaban J connectivity index is 0.000000162. The van der Waals surface area contributed by atoms with E-state index in [9.17, 15) is 54.1 Å². The Bertz CT molecular complexity index is 4960. The van der Waals surface area contributed by atoms with Crippen molar-refractivity contribution in [2.45, 2.75) is 27.0 Å². The molecule has 0 amide bonds. The van der Waals surface area contributed by atoms with Crippen molar-refractivity contribution in [1.82, 2.24) is 19.3 Å². The zero-order valence-electron chi connectivity index (χ0n) is 48.8. The van der Waals surface area contributed by atoms with Crippen molar-refractivity contribution < 1.29 is 54.1 Å². The fraction of sp³-hybridized carbons (Fsp3) is 0.0145. The van der Waals surface area contributed by atoms with Crippen LogP contribution in [0.3, 0.4) is 0 Å². The molecule has 12 rings (SSSR count). The maximum Gasteiger partial charge on any atom is 0.276 e. The molecule has 0 saturated carbocycles. The minimum Gasteiger partial charge on any atom is -0.507 e. The molecule has 0 spiro atoms. The van der Waals surface area contributed by atoms with E-state index in [1.54, 1.807) is 72.8 Å². The normalized spacial score (nSPS) is 11.7. The molecule has 0 unspecified atom stereocenters. The van der Waals surface area contributed by atoms with Gasteiger partial charge in [0.15, 0.2) is 0 Å². The molecule has 26 heteroatoms. The van der Waals surface area contributed by atoms with Crippen LogP contribution in [0.4, 0.5) is 0 Å². The average molecular weight is 1390 g/mol. The standard InChI is InChI=1S/2C17H13ClN2O3S.2C17H14N2O3S.CH4/c2*18-13-6-8-14(9-7-13)24(22,23)20-19-11-16-15-4-2-1-3-12(15)5-10-17(16)21;2*20-17-11-10-13-6-4-5-9-15(13)16(17)12-18-19-23(21,22)14-7-2-1-3-8-14;/h2*1-11,20-21H;2*1-12,19-20H;1H4/b2*19-11+;2*18-12+;. The molecule has 12 aromatic rings. The molecule has 0 saturated heterocycles. The summed E-state index contributed by atoms with van der Waals surface area (Å²) >= 11 is 11.5. The average Bonchev–Trinajstić information content (AvgIpc) is 0.960.